The van der Waals surface area contributed by atoms with E-state index in [4.69, 9.17) is 39.5 Å². The largest absolute Gasteiger partial charge is 0.455 e. The molecule has 0 aliphatic carbocycles. The molecule has 28 heavy (non-hydrogen) atoms. The molecule has 3 rings (SSSR count). The fraction of sp³-hybridized carbons (Fsp3) is 0.211. The zero-order valence-electron chi connectivity index (χ0n) is 14.5. The minimum atomic E-state index is -0.675. The fourth-order valence-corrected chi connectivity index (χ4v) is 3.40. The SMILES string of the molecule is O=C(COC(=O)[C@@H]1CC(=O)N(c2ccccc2Cl)C1)Nc1cccc(Cl)c1Cl. The average Bonchev–Trinajstić information content (AvgIpc) is 3.05. The molecule has 2 aromatic carbocycles. The van der Waals surface area contributed by atoms with E-state index >= 15 is 0 Å². The molecular formula is C19H15Cl3N2O4. The highest BCUT2D eigenvalue weighted by Gasteiger charge is 2.37. The molecule has 6 nitrogen and oxygen atoms in total. The second-order valence-electron chi connectivity index (χ2n) is 6.11. The van der Waals surface area contributed by atoms with Crippen molar-refractivity contribution in [2.75, 3.05) is 23.4 Å². The lowest BCUT2D eigenvalue weighted by Gasteiger charge is -2.17. The first kappa shape index (κ1) is 20.5. The van der Waals surface area contributed by atoms with E-state index in [0.29, 0.717) is 21.4 Å². The summed E-state index contributed by atoms with van der Waals surface area (Å²) in [4.78, 5) is 38.0. The minimum Gasteiger partial charge on any atom is -0.455 e. The van der Waals surface area contributed by atoms with Gasteiger partial charge < -0.3 is 15.0 Å². The molecule has 1 heterocycles. The molecule has 1 aliphatic rings. The van der Waals surface area contributed by atoms with Gasteiger partial charge in [-0.05, 0) is 24.3 Å². The smallest absolute Gasteiger partial charge is 0.311 e. The normalized spacial score (nSPS) is 16.2. The summed E-state index contributed by atoms with van der Waals surface area (Å²) in [6, 6.07) is 11.7. The average molecular weight is 442 g/mol. The minimum absolute atomic E-state index is 0.00814. The number of carbonyl (C=O) groups is 3. The Labute approximate surface area is 176 Å². The second-order valence-corrected chi connectivity index (χ2v) is 7.31. The van der Waals surface area contributed by atoms with E-state index in [1.807, 2.05) is 0 Å². The molecule has 0 saturated carbocycles. The molecule has 0 unspecified atom stereocenters. The standard InChI is InChI=1S/C19H15Cl3N2O4/c20-12-4-1-2-7-15(12)24-9-11(8-17(24)26)19(27)28-10-16(25)23-14-6-3-5-13(21)18(14)22/h1-7,11H,8-10H2,(H,23,25)/t11-/m1/s1. The highest BCUT2D eigenvalue weighted by molar-refractivity contribution is 6.44. The summed E-state index contributed by atoms with van der Waals surface area (Å²) >= 11 is 18.0. The van der Waals surface area contributed by atoms with Gasteiger partial charge in [-0.15, -0.1) is 0 Å². The van der Waals surface area contributed by atoms with E-state index in [-0.39, 0.29) is 23.9 Å². The summed E-state index contributed by atoms with van der Waals surface area (Å²) in [5.41, 5.74) is 0.856. The molecule has 1 atom stereocenters. The maximum Gasteiger partial charge on any atom is 0.311 e. The van der Waals surface area contributed by atoms with Gasteiger partial charge in [0.1, 0.15) is 0 Å². The molecule has 0 radical (unpaired) electrons. The van der Waals surface area contributed by atoms with Crippen molar-refractivity contribution >= 4 is 64.0 Å². The van der Waals surface area contributed by atoms with Gasteiger partial charge >= 0.3 is 5.97 Å². The summed E-state index contributed by atoms with van der Waals surface area (Å²) in [6.45, 7) is -0.360. The van der Waals surface area contributed by atoms with Gasteiger partial charge in [0.05, 0.1) is 32.4 Å². The number of rotatable bonds is 5. The van der Waals surface area contributed by atoms with E-state index in [9.17, 15) is 14.4 Å². The van der Waals surface area contributed by atoms with E-state index in [0.717, 1.165) is 0 Å². The van der Waals surface area contributed by atoms with Crippen molar-refractivity contribution in [1.82, 2.24) is 0 Å². The number of ether oxygens (including phenoxy) is 1. The number of benzene rings is 2. The van der Waals surface area contributed by atoms with Crippen LogP contribution in [0.1, 0.15) is 6.42 Å². The van der Waals surface area contributed by atoms with Gasteiger partial charge in [-0.3, -0.25) is 14.4 Å². The number of nitrogens with zero attached hydrogens (tertiary/aromatic N) is 1. The molecule has 0 aromatic heterocycles. The Balaban J connectivity index is 1.55. The van der Waals surface area contributed by atoms with Crippen LogP contribution >= 0.6 is 34.8 Å². The van der Waals surface area contributed by atoms with Crippen LogP contribution in [0.15, 0.2) is 42.5 Å². The molecule has 0 bridgehead atoms. The Morgan fingerprint density at radius 3 is 2.54 bits per heavy atom. The van der Waals surface area contributed by atoms with E-state index in [1.165, 1.54) is 4.90 Å². The number of amides is 2. The Kier molecular flexibility index (Phi) is 6.44. The molecule has 2 aromatic rings. The van der Waals surface area contributed by atoms with E-state index in [2.05, 4.69) is 5.32 Å². The monoisotopic (exact) mass is 440 g/mol. The predicted octanol–water partition coefficient (Wildman–Crippen LogP) is 4.18. The Bertz CT molecular complexity index is 935. The Morgan fingerprint density at radius 1 is 1.07 bits per heavy atom. The maximum absolute atomic E-state index is 12.3. The molecule has 146 valence electrons. The fourth-order valence-electron chi connectivity index (χ4n) is 2.81. The van der Waals surface area contributed by atoms with Crippen LogP contribution in [0.25, 0.3) is 0 Å². The highest BCUT2D eigenvalue weighted by Crippen LogP contribution is 2.32. The third-order valence-corrected chi connectivity index (χ3v) is 5.31. The van der Waals surface area contributed by atoms with Crippen molar-refractivity contribution in [3.05, 3.63) is 57.5 Å². The quantitative estimate of drug-likeness (QED) is 0.706. The van der Waals surface area contributed by atoms with Crippen molar-refractivity contribution in [2.24, 2.45) is 5.92 Å². The first-order valence-corrected chi connectivity index (χ1v) is 9.45. The number of hydrogen-bond donors (Lipinski definition) is 1. The Morgan fingerprint density at radius 2 is 1.79 bits per heavy atom. The van der Waals surface area contributed by atoms with Crippen molar-refractivity contribution < 1.29 is 19.1 Å². The van der Waals surface area contributed by atoms with Crippen LogP contribution in [-0.2, 0) is 19.1 Å². The van der Waals surface area contributed by atoms with Crippen molar-refractivity contribution in [2.45, 2.75) is 6.42 Å². The van der Waals surface area contributed by atoms with Gasteiger partial charge in [-0.1, -0.05) is 53.0 Å². The number of halogens is 3. The number of hydrogen-bond acceptors (Lipinski definition) is 4. The van der Waals surface area contributed by atoms with Crippen LogP contribution in [0, 0.1) is 5.92 Å². The topological polar surface area (TPSA) is 75.7 Å². The van der Waals surface area contributed by atoms with Crippen molar-refractivity contribution in [3.8, 4) is 0 Å². The number of esters is 1. The zero-order chi connectivity index (χ0) is 20.3. The Hall–Kier alpha value is -2.28. The molecule has 1 fully saturated rings. The van der Waals surface area contributed by atoms with Crippen molar-refractivity contribution in [1.29, 1.82) is 0 Å². The number of anilines is 2. The third-order valence-electron chi connectivity index (χ3n) is 4.17. The van der Waals surface area contributed by atoms with E-state index < -0.39 is 24.4 Å². The first-order valence-electron chi connectivity index (χ1n) is 8.32. The van der Waals surface area contributed by atoms with Crippen LogP contribution in [-0.4, -0.2) is 30.9 Å². The highest BCUT2D eigenvalue weighted by atomic mass is 35.5. The van der Waals surface area contributed by atoms with Crippen LogP contribution in [0.5, 0.6) is 0 Å². The molecule has 0 spiro atoms. The van der Waals surface area contributed by atoms with E-state index in [1.54, 1.807) is 42.5 Å². The lowest BCUT2D eigenvalue weighted by molar-refractivity contribution is -0.151. The summed E-state index contributed by atoms with van der Waals surface area (Å²) < 4.78 is 5.05. The summed E-state index contributed by atoms with van der Waals surface area (Å²) in [5.74, 6) is -2.10. The molecule has 9 heteroatoms. The van der Waals surface area contributed by atoms with Gasteiger partial charge in [0.2, 0.25) is 5.91 Å². The maximum atomic E-state index is 12.3. The molecular weight excluding hydrogens is 427 g/mol. The first-order chi connectivity index (χ1) is 13.4. The van der Waals surface area contributed by atoms with Crippen LogP contribution in [0.2, 0.25) is 15.1 Å². The molecule has 1 N–H and O–H groups in total. The molecule has 2 amide bonds. The third kappa shape index (κ3) is 4.58. The number of carbonyl (C=O) groups excluding carboxylic acids is 3. The summed E-state index contributed by atoms with van der Waals surface area (Å²) in [5, 5.41) is 3.43. The van der Waals surface area contributed by atoms with Gasteiger partial charge in [0.15, 0.2) is 6.61 Å². The molecule has 1 aliphatic heterocycles. The lowest BCUT2D eigenvalue weighted by Crippen LogP contribution is -2.28. The summed E-state index contributed by atoms with van der Waals surface area (Å²) in [6.07, 6.45) is -0.00814. The zero-order valence-corrected chi connectivity index (χ0v) is 16.7. The van der Waals surface area contributed by atoms with Gasteiger partial charge in [0, 0.05) is 13.0 Å². The second kappa shape index (κ2) is 8.82. The van der Waals surface area contributed by atoms with Crippen LogP contribution < -0.4 is 10.2 Å². The van der Waals surface area contributed by atoms with Gasteiger partial charge in [-0.2, -0.15) is 0 Å². The van der Waals surface area contributed by atoms with Crippen LogP contribution in [0.4, 0.5) is 11.4 Å². The lowest BCUT2D eigenvalue weighted by atomic mass is 10.1. The van der Waals surface area contributed by atoms with Gasteiger partial charge in [-0.25, -0.2) is 0 Å². The number of nitrogens with one attached hydrogen (secondary N) is 1. The predicted molar refractivity (Wildman–Crippen MR) is 108 cm³/mol. The number of para-hydroxylation sites is 1. The van der Waals surface area contributed by atoms with Crippen molar-refractivity contribution in [3.63, 3.8) is 0 Å². The summed E-state index contributed by atoms with van der Waals surface area (Å²) in [7, 11) is 0. The van der Waals surface area contributed by atoms with Crippen LogP contribution in [0.3, 0.4) is 0 Å². The van der Waals surface area contributed by atoms with Gasteiger partial charge in [0.25, 0.3) is 5.91 Å². The molecule has 1 saturated heterocycles.